The zero-order valence-electron chi connectivity index (χ0n) is 4.88. The molecule has 1 rings (SSSR count). The molecule has 0 aromatic rings. The summed E-state index contributed by atoms with van der Waals surface area (Å²) >= 11 is 8.74. The van der Waals surface area contributed by atoms with E-state index in [1.165, 1.54) is 25.5 Å². The summed E-state index contributed by atoms with van der Waals surface area (Å²) in [6, 6.07) is 0. The van der Waals surface area contributed by atoms with Crippen LogP contribution in [0, 0.1) is 0 Å². The molecule has 1 unspecified atom stereocenters. The van der Waals surface area contributed by atoms with E-state index >= 15 is 0 Å². The van der Waals surface area contributed by atoms with E-state index in [2.05, 4.69) is 25.1 Å². The van der Waals surface area contributed by atoms with Crippen LogP contribution < -0.4 is 0 Å². The Morgan fingerprint density at radius 2 is 2.25 bits per heavy atom. The van der Waals surface area contributed by atoms with Gasteiger partial charge in [0.2, 0.25) is 5.99 Å². The lowest BCUT2D eigenvalue weighted by molar-refractivity contribution is 0.750. The molecule has 0 nitrogen and oxygen atoms in total. The average Bonchev–Trinajstić information content (AvgIpc) is 1.64. The van der Waals surface area contributed by atoms with Crippen LogP contribution in [0.5, 0.6) is 0 Å². The zero-order valence-corrected chi connectivity index (χ0v) is 6.67. The standard InChI is InChI=1S/C5H11BS2/c7-5-2-1-3-6(8)4-5/h5,7-8H,1-4H2. The fraction of sp³-hybridized carbons (Fsp3) is 1.00. The molecule has 0 aromatic carbocycles. The summed E-state index contributed by atoms with van der Waals surface area (Å²) in [5.41, 5.74) is 0. The van der Waals surface area contributed by atoms with Crippen LogP contribution in [0.25, 0.3) is 0 Å². The first-order valence-corrected chi connectivity index (χ1v) is 4.18. The second-order valence-corrected chi connectivity index (χ2v) is 3.93. The molecule has 0 spiro atoms. The lowest BCUT2D eigenvalue weighted by Gasteiger charge is -2.18. The minimum Gasteiger partial charge on any atom is -0.227 e. The minimum absolute atomic E-state index is 0.631. The zero-order chi connectivity index (χ0) is 5.98. The predicted molar refractivity (Wildman–Crippen MR) is 46.4 cm³/mol. The van der Waals surface area contributed by atoms with Crippen LogP contribution in [0.2, 0.25) is 12.6 Å². The van der Waals surface area contributed by atoms with E-state index in [9.17, 15) is 0 Å². The average molecular weight is 146 g/mol. The van der Waals surface area contributed by atoms with Gasteiger partial charge in [-0.2, -0.15) is 12.6 Å². The topological polar surface area (TPSA) is 0 Å². The monoisotopic (exact) mass is 146 g/mol. The van der Waals surface area contributed by atoms with E-state index in [1.807, 2.05) is 0 Å². The lowest BCUT2D eigenvalue weighted by atomic mass is 9.62. The van der Waals surface area contributed by atoms with Crippen LogP contribution in [0.4, 0.5) is 0 Å². The maximum absolute atomic E-state index is 4.37. The van der Waals surface area contributed by atoms with Crippen LogP contribution in [-0.4, -0.2) is 11.2 Å². The first-order valence-electron chi connectivity index (χ1n) is 3.15. The molecule has 0 radical (unpaired) electrons. The summed E-state index contributed by atoms with van der Waals surface area (Å²) in [6.45, 7) is 0. The van der Waals surface area contributed by atoms with E-state index in [4.69, 9.17) is 0 Å². The molecule has 0 saturated carbocycles. The molecular weight excluding hydrogens is 135 g/mol. The van der Waals surface area contributed by atoms with Gasteiger partial charge in [0, 0.05) is 0 Å². The van der Waals surface area contributed by atoms with E-state index < -0.39 is 0 Å². The van der Waals surface area contributed by atoms with Gasteiger partial charge in [0.25, 0.3) is 0 Å². The van der Waals surface area contributed by atoms with Crippen molar-refractivity contribution < 1.29 is 0 Å². The third kappa shape index (κ3) is 1.94. The molecule has 1 aliphatic heterocycles. The smallest absolute Gasteiger partial charge is 0.206 e. The fourth-order valence-electron chi connectivity index (χ4n) is 1.14. The van der Waals surface area contributed by atoms with Gasteiger partial charge in [-0.05, 0) is 11.7 Å². The maximum atomic E-state index is 4.37. The van der Waals surface area contributed by atoms with Gasteiger partial charge in [0.1, 0.15) is 0 Å². The summed E-state index contributed by atoms with van der Waals surface area (Å²) in [7, 11) is 0. The van der Waals surface area contributed by atoms with Gasteiger partial charge in [-0.25, -0.2) is 12.5 Å². The first-order chi connectivity index (χ1) is 3.79. The summed E-state index contributed by atoms with van der Waals surface area (Å²) in [5, 5.41) is 0.631. The van der Waals surface area contributed by atoms with Crippen molar-refractivity contribution in [2.45, 2.75) is 30.7 Å². The maximum Gasteiger partial charge on any atom is 0.206 e. The van der Waals surface area contributed by atoms with Crippen molar-refractivity contribution in [1.29, 1.82) is 0 Å². The van der Waals surface area contributed by atoms with Gasteiger partial charge in [-0.3, -0.25) is 0 Å². The third-order valence-corrected chi connectivity index (χ3v) is 2.56. The molecule has 3 heteroatoms. The molecule has 8 heavy (non-hydrogen) atoms. The van der Waals surface area contributed by atoms with Crippen LogP contribution in [0.15, 0.2) is 0 Å². The van der Waals surface area contributed by atoms with Gasteiger partial charge in [-0.15, -0.1) is 0 Å². The Bertz CT molecular complexity index is 68.8. The molecule has 0 amide bonds. The van der Waals surface area contributed by atoms with Crippen molar-refractivity contribution in [2.75, 3.05) is 0 Å². The second-order valence-electron chi connectivity index (χ2n) is 2.47. The van der Waals surface area contributed by atoms with Crippen LogP contribution >= 0.6 is 25.1 Å². The van der Waals surface area contributed by atoms with Crippen LogP contribution in [0.3, 0.4) is 0 Å². The lowest BCUT2D eigenvalue weighted by Crippen LogP contribution is -2.17. The molecule has 1 fully saturated rings. The largest absolute Gasteiger partial charge is 0.227 e. The van der Waals surface area contributed by atoms with Crippen molar-refractivity contribution in [3.8, 4) is 0 Å². The highest BCUT2D eigenvalue weighted by atomic mass is 32.1. The number of hydrogen-bond donors (Lipinski definition) is 2. The summed E-state index contributed by atoms with van der Waals surface area (Å²) < 4.78 is 0. The Morgan fingerprint density at radius 3 is 2.62 bits per heavy atom. The normalized spacial score (nSPS) is 30.8. The summed E-state index contributed by atoms with van der Waals surface area (Å²) in [6.07, 6.45) is 5.11. The number of rotatable bonds is 0. The second kappa shape index (κ2) is 3.07. The molecule has 1 saturated heterocycles. The van der Waals surface area contributed by atoms with Crippen molar-refractivity contribution in [2.24, 2.45) is 0 Å². The molecule has 1 heterocycles. The van der Waals surface area contributed by atoms with Gasteiger partial charge in [0.15, 0.2) is 0 Å². The Hall–Kier alpha value is 0.765. The molecule has 46 valence electrons. The summed E-state index contributed by atoms with van der Waals surface area (Å²) in [5.74, 6) is 0.631. The highest BCUT2D eigenvalue weighted by Gasteiger charge is 2.18. The van der Waals surface area contributed by atoms with Crippen molar-refractivity contribution in [1.82, 2.24) is 0 Å². The van der Waals surface area contributed by atoms with E-state index in [0.717, 1.165) is 0 Å². The Kier molecular flexibility index (Phi) is 2.64. The molecular formula is C5H11BS2. The Labute approximate surface area is 62.2 Å². The molecule has 0 aliphatic carbocycles. The number of hydrogen-bond acceptors (Lipinski definition) is 2. The predicted octanol–water partition coefficient (Wildman–Crippen LogP) is 2.00. The van der Waals surface area contributed by atoms with Crippen molar-refractivity contribution in [3.63, 3.8) is 0 Å². The van der Waals surface area contributed by atoms with Gasteiger partial charge in [0.05, 0.1) is 0 Å². The highest BCUT2D eigenvalue weighted by molar-refractivity contribution is 8.10. The molecule has 0 bridgehead atoms. The van der Waals surface area contributed by atoms with E-state index in [-0.39, 0.29) is 0 Å². The third-order valence-electron chi connectivity index (χ3n) is 1.62. The molecule has 1 atom stereocenters. The minimum atomic E-state index is 0.631. The van der Waals surface area contributed by atoms with Crippen LogP contribution in [-0.2, 0) is 0 Å². The molecule has 1 aliphatic rings. The highest BCUT2D eigenvalue weighted by Crippen LogP contribution is 2.24. The van der Waals surface area contributed by atoms with Gasteiger partial charge < -0.3 is 0 Å². The van der Waals surface area contributed by atoms with Crippen molar-refractivity contribution >= 4 is 31.1 Å². The first kappa shape index (κ1) is 6.88. The quantitative estimate of drug-likeness (QED) is 0.379. The fourth-order valence-corrected chi connectivity index (χ4v) is 2.18. The molecule has 0 N–H and O–H groups in total. The molecule has 0 aromatic heterocycles. The Morgan fingerprint density at radius 1 is 1.50 bits per heavy atom. The number of thiol groups is 2. The van der Waals surface area contributed by atoms with E-state index in [0.29, 0.717) is 11.2 Å². The van der Waals surface area contributed by atoms with Crippen LogP contribution in [0.1, 0.15) is 12.8 Å². The van der Waals surface area contributed by atoms with Gasteiger partial charge >= 0.3 is 0 Å². The van der Waals surface area contributed by atoms with E-state index in [1.54, 1.807) is 0 Å². The SMILES string of the molecule is SB1CCCC(S)C1. The van der Waals surface area contributed by atoms with Gasteiger partial charge in [-0.1, -0.05) is 19.1 Å². The Balaban J connectivity index is 2.23. The summed E-state index contributed by atoms with van der Waals surface area (Å²) in [4.78, 5) is 0. The van der Waals surface area contributed by atoms with Crippen molar-refractivity contribution in [3.05, 3.63) is 0 Å².